The van der Waals surface area contributed by atoms with Gasteiger partial charge in [-0.2, -0.15) is 24.3 Å². The van der Waals surface area contributed by atoms with Crippen molar-refractivity contribution in [1.29, 1.82) is 0 Å². The van der Waals surface area contributed by atoms with E-state index in [1.54, 1.807) is 0 Å². The van der Waals surface area contributed by atoms with Crippen molar-refractivity contribution >= 4 is 43.1 Å². The number of rotatable bonds is 8. The summed E-state index contributed by atoms with van der Waals surface area (Å²) in [5, 5.41) is 11.5. The summed E-state index contributed by atoms with van der Waals surface area (Å²) in [4.78, 5) is 0. The number of fused-ring (bicyclic) bond motifs is 4. The Bertz CT molecular complexity index is 2010. The van der Waals surface area contributed by atoms with Crippen molar-refractivity contribution in [3.05, 3.63) is 164 Å². The van der Waals surface area contributed by atoms with E-state index in [4.69, 9.17) is 0 Å². The summed E-state index contributed by atoms with van der Waals surface area (Å²) < 4.78 is 0. The van der Waals surface area contributed by atoms with Crippen LogP contribution in [0.15, 0.2) is 97.1 Å². The summed E-state index contributed by atoms with van der Waals surface area (Å²) >= 11 is 0. The molecule has 0 amide bonds. The molecule has 0 aliphatic heterocycles. The first kappa shape index (κ1) is 55.7. The largest absolute Gasteiger partial charge is 2.00 e. The molecule has 4 heteroatoms. The van der Waals surface area contributed by atoms with Crippen molar-refractivity contribution in [2.45, 2.75) is 134 Å². The standard InChI is InChI=1S/4C14H17.2ClH.2Zr/c4*1-4-5-12-8-13-10(2)6-7-11(3)14(13)9-12;;;;/h4*6-9H,4-5H2,1-3H3;2*1H;;/q4*-1;;;2*+2/p-2. The van der Waals surface area contributed by atoms with E-state index in [0.717, 1.165) is 0 Å². The van der Waals surface area contributed by atoms with Crippen molar-refractivity contribution < 1.29 is 77.2 Å². The molecule has 0 unspecified atom stereocenters. The van der Waals surface area contributed by atoms with E-state index >= 15 is 0 Å². The molecule has 60 heavy (non-hydrogen) atoms. The molecule has 0 aliphatic rings. The fraction of sp³-hybridized carbons (Fsp3) is 0.357. The maximum Gasteiger partial charge on any atom is 2.00 e. The van der Waals surface area contributed by atoms with Crippen molar-refractivity contribution in [2.75, 3.05) is 0 Å². The van der Waals surface area contributed by atoms with Crippen molar-refractivity contribution in [2.24, 2.45) is 0 Å². The third kappa shape index (κ3) is 13.8. The fourth-order valence-corrected chi connectivity index (χ4v) is 8.33. The van der Waals surface area contributed by atoms with Gasteiger partial charge in [0, 0.05) is 0 Å². The minimum atomic E-state index is 0. The normalized spacial score (nSPS) is 10.3. The van der Waals surface area contributed by atoms with Gasteiger partial charge >= 0.3 is 52.4 Å². The van der Waals surface area contributed by atoms with E-state index in [0.29, 0.717) is 0 Å². The zero-order chi connectivity index (χ0) is 40.5. The third-order valence-electron chi connectivity index (χ3n) is 11.7. The van der Waals surface area contributed by atoms with Crippen LogP contribution in [0.2, 0.25) is 0 Å². The van der Waals surface area contributed by atoms with Crippen LogP contribution in [0.25, 0.3) is 43.1 Å². The molecule has 8 aromatic rings. The van der Waals surface area contributed by atoms with Gasteiger partial charge < -0.3 is 24.8 Å². The van der Waals surface area contributed by atoms with Gasteiger partial charge in [0.25, 0.3) is 0 Å². The first-order chi connectivity index (χ1) is 26.9. The zero-order valence-corrected chi connectivity index (χ0v) is 45.1. The summed E-state index contributed by atoms with van der Waals surface area (Å²) in [5.41, 5.74) is 17.1. The molecule has 8 aromatic carbocycles. The molecule has 0 saturated carbocycles. The Hall–Kier alpha value is -2.33. The van der Waals surface area contributed by atoms with E-state index < -0.39 is 0 Å². The molecule has 0 bridgehead atoms. The van der Waals surface area contributed by atoms with Gasteiger partial charge in [0.1, 0.15) is 0 Å². The van der Waals surface area contributed by atoms with Gasteiger partial charge in [-0.15, -0.1) is 136 Å². The number of aryl methyl sites for hydroxylation is 12. The SMILES string of the molecule is CCCc1cc2c(C)ccc(C)c2[cH-]1.CCCc1cc2c(C)ccc(C)c2[cH-]1.CCCc1cc2c(C)ccc(C)c2[cH-]1.CCCc1cc2c(C)ccc(C)c2[cH-]1.[Cl-].[Cl-].[Zr+2].[Zr+2]. The second-order valence-electron chi connectivity index (χ2n) is 16.6. The Morgan fingerprint density at radius 3 is 0.617 bits per heavy atom. The molecule has 0 N–H and O–H groups in total. The molecular weight excluding hydrogens is 926 g/mol. The fourth-order valence-electron chi connectivity index (χ4n) is 8.33. The summed E-state index contributed by atoms with van der Waals surface area (Å²) in [5.74, 6) is 0. The van der Waals surface area contributed by atoms with Crippen LogP contribution in [0, 0.1) is 55.4 Å². The van der Waals surface area contributed by atoms with Crippen LogP contribution in [0.3, 0.4) is 0 Å². The Kier molecular flexibility index (Phi) is 24.4. The summed E-state index contributed by atoms with van der Waals surface area (Å²) in [6, 6.07) is 36.5. The molecule has 0 aliphatic carbocycles. The number of halogens is 2. The van der Waals surface area contributed by atoms with E-state index in [1.165, 1.54) is 161 Å². The van der Waals surface area contributed by atoms with E-state index in [1.807, 2.05) is 0 Å². The average Bonchev–Trinajstić information content (AvgIpc) is 3.99. The number of benzene rings is 4. The average molecular weight is 995 g/mol. The molecule has 0 spiro atoms. The van der Waals surface area contributed by atoms with Crippen LogP contribution in [0.1, 0.15) is 120 Å². The summed E-state index contributed by atoms with van der Waals surface area (Å²) in [6.45, 7) is 26.5. The van der Waals surface area contributed by atoms with Gasteiger partial charge in [0.05, 0.1) is 0 Å². The molecule has 8 rings (SSSR count). The molecular formula is C56H68Cl2Zr2-2. The molecule has 0 fully saturated rings. The Morgan fingerprint density at radius 2 is 0.467 bits per heavy atom. The Morgan fingerprint density at radius 1 is 0.300 bits per heavy atom. The Balaban J connectivity index is 0.000000391. The van der Waals surface area contributed by atoms with E-state index in [2.05, 4.69) is 180 Å². The minimum Gasteiger partial charge on any atom is -1.00 e. The van der Waals surface area contributed by atoms with E-state index in [-0.39, 0.29) is 77.2 Å². The van der Waals surface area contributed by atoms with Gasteiger partial charge in [0.2, 0.25) is 0 Å². The van der Waals surface area contributed by atoms with E-state index in [9.17, 15) is 0 Å². The van der Waals surface area contributed by atoms with Gasteiger partial charge in [-0.25, -0.2) is 0 Å². The molecule has 316 valence electrons. The molecule has 0 heterocycles. The van der Waals surface area contributed by atoms with Crippen LogP contribution >= 0.6 is 0 Å². The quantitative estimate of drug-likeness (QED) is 0.133. The minimum absolute atomic E-state index is 0. The molecule has 0 saturated heterocycles. The van der Waals surface area contributed by atoms with Gasteiger partial charge in [-0.1, -0.05) is 128 Å². The van der Waals surface area contributed by atoms with Gasteiger partial charge in [-0.3, -0.25) is 0 Å². The van der Waals surface area contributed by atoms with Crippen LogP contribution < -0.4 is 24.8 Å². The van der Waals surface area contributed by atoms with Crippen LogP contribution in [0.5, 0.6) is 0 Å². The van der Waals surface area contributed by atoms with Crippen molar-refractivity contribution in [3.63, 3.8) is 0 Å². The molecule has 0 aromatic heterocycles. The summed E-state index contributed by atoms with van der Waals surface area (Å²) in [6.07, 6.45) is 9.73. The second-order valence-corrected chi connectivity index (χ2v) is 16.6. The Labute approximate surface area is 414 Å². The first-order valence-electron chi connectivity index (χ1n) is 21.5. The second kappa shape index (κ2) is 26.3. The smallest absolute Gasteiger partial charge is 1.00 e. The molecule has 0 nitrogen and oxygen atoms in total. The van der Waals surface area contributed by atoms with Crippen molar-refractivity contribution in [3.8, 4) is 0 Å². The molecule has 0 radical (unpaired) electrons. The van der Waals surface area contributed by atoms with Gasteiger partial charge in [0.15, 0.2) is 0 Å². The predicted octanol–water partition coefficient (Wildman–Crippen LogP) is 10.5. The number of hydrogen-bond acceptors (Lipinski definition) is 0. The zero-order valence-electron chi connectivity index (χ0n) is 38.7. The third-order valence-corrected chi connectivity index (χ3v) is 11.7. The molecule has 0 atom stereocenters. The summed E-state index contributed by atoms with van der Waals surface area (Å²) in [7, 11) is 0. The number of hydrogen-bond donors (Lipinski definition) is 0. The first-order valence-corrected chi connectivity index (χ1v) is 21.5. The topological polar surface area (TPSA) is 0 Å². The maximum atomic E-state index is 2.35. The van der Waals surface area contributed by atoms with Crippen LogP contribution in [-0.4, -0.2) is 0 Å². The van der Waals surface area contributed by atoms with Gasteiger partial charge in [-0.05, 0) is 53.4 Å². The van der Waals surface area contributed by atoms with Crippen molar-refractivity contribution in [1.82, 2.24) is 0 Å². The van der Waals surface area contributed by atoms with Crippen LogP contribution in [0.4, 0.5) is 0 Å². The monoisotopic (exact) mass is 990 g/mol. The van der Waals surface area contributed by atoms with Crippen LogP contribution in [-0.2, 0) is 78.1 Å². The predicted molar refractivity (Wildman–Crippen MR) is 252 cm³/mol. The maximum absolute atomic E-state index is 2.35.